The number of sulfonamides is 1. The van der Waals surface area contributed by atoms with E-state index in [2.05, 4.69) is 0 Å². The van der Waals surface area contributed by atoms with Crippen molar-refractivity contribution in [3.8, 4) is 5.75 Å². The summed E-state index contributed by atoms with van der Waals surface area (Å²) >= 11 is 0. The Kier molecular flexibility index (Phi) is 10.5. The molecule has 2 aromatic carbocycles. The zero-order valence-corrected chi connectivity index (χ0v) is 21.4. The van der Waals surface area contributed by atoms with Gasteiger partial charge in [0.05, 0.1) is 18.1 Å². The van der Waals surface area contributed by atoms with E-state index < -0.39 is 16.1 Å². The second-order valence-corrected chi connectivity index (χ2v) is 11.4. The highest BCUT2D eigenvalue weighted by Crippen LogP contribution is 2.26. The third-order valence-electron chi connectivity index (χ3n) is 5.80. The average Bonchev–Trinajstić information content (AvgIpc) is 2.78. The first-order valence-corrected chi connectivity index (χ1v) is 13.1. The number of methoxy groups -OCH3 is 1. The molecule has 34 heavy (non-hydrogen) atoms. The van der Waals surface area contributed by atoms with Crippen molar-refractivity contribution in [3.05, 3.63) is 60.2 Å². The van der Waals surface area contributed by atoms with E-state index in [1.54, 1.807) is 12.1 Å². The van der Waals surface area contributed by atoms with Gasteiger partial charge in [-0.15, -0.1) is 0 Å². The van der Waals surface area contributed by atoms with Gasteiger partial charge in [-0.3, -0.25) is 4.79 Å². The van der Waals surface area contributed by atoms with E-state index in [1.807, 2.05) is 51.1 Å². The smallest absolute Gasteiger partial charge is 0.243 e. The van der Waals surface area contributed by atoms with Gasteiger partial charge in [0.1, 0.15) is 5.75 Å². The second kappa shape index (κ2) is 12.9. The maximum absolute atomic E-state index is 13.5. The Hall–Kier alpha value is -2.42. The lowest BCUT2D eigenvalue weighted by Gasteiger charge is -2.31. The predicted octanol–water partition coefficient (Wildman–Crippen LogP) is 3.46. The largest absolute Gasteiger partial charge is 0.497 e. The minimum absolute atomic E-state index is 0.0300. The van der Waals surface area contributed by atoms with Gasteiger partial charge in [-0.1, -0.05) is 51.1 Å². The van der Waals surface area contributed by atoms with Gasteiger partial charge in [-0.25, -0.2) is 8.42 Å². The fourth-order valence-corrected chi connectivity index (χ4v) is 5.79. The predicted molar refractivity (Wildman–Crippen MR) is 134 cm³/mol. The van der Waals surface area contributed by atoms with E-state index >= 15 is 0 Å². The minimum atomic E-state index is -3.83. The van der Waals surface area contributed by atoms with Crippen LogP contribution in [0.15, 0.2) is 59.5 Å². The Balaban J connectivity index is 2.29. The SMILES string of the molecule is COc1ccc(S(=O)(=O)N(CC(C)C)C[C@H](O)[C@H](Cc2ccccc2)CC(C)CC(N)=O)cc1. The summed E-state index contributed by atoms with van der Waals surface area (Å²) in [4.78, 5) is 11.6. The van der Waals surface area contributed by atoms with Gasteiger partial charge < -0.3 is 15.6 Å². The average molecular weight is 491 g/mol. The van der Waals surface area contributed by atoms with Crippen molar-refractivity contribution in [1.82, 2.24) is 4.31 Å². The molecule has 2 rings (SSSR count). The number of nitrogens with two attached hydrogens (primary N) is 1. The molecule has 3 atom stereocenters. The number of primary amides is 1. The molecular weight excluding hydrogens is 452 g/mol. The maximum Gasteiger partial charge on any atom is 0.243 e. The van der Waals surface area contributed by atoms with Crippen molar-refractivity contribution in [2.24, 2.45) is 23.5 Å². The van der Waals surface area contributed by atoms with E-state index in [0.29, 0.717) is 18.6 Å². The molecule has 2 aromatic rings. The van der Waals surface area contributed by atoms with Crippen molar-refractivity contribution in [1.29, 1.82) is 0 Å². The van der Waals surface area contributed by atoms with Crippen LogP contribution in [0.4, 0.5) is 0 Å². The van der Waals surface area contributed by atoms with Crippen molar-refractivity contribution < 1.29 is 23.1 Å². The van der Waals surface area contributed by atoms with Crippen LogP contribution in [0.2, 0.25) is 0 Å². The fourth-order valence-electron chi connectivity index (χ4n) is 4.17. The number of rotatable bonds is 14. The number of nitrogens with zero attached hydrogens (tertiary/aromatic N) is 1. The molecule has 0 saturated carbocycles. The van der Waals surface area contributed by atoms with E-state index in [0.717, 1.165) is 5.56 Å². The first-order chi connectivity index (χ1) is 16.0. The lowest BCUT2D eigenvalue weighted by atomic mass is 9.84. The molecule has 0 aromatic heterocycles. The molecule has 0 aliphatic rings. The number of aliphatic hydroxyl groups is 1. The number of benzene rings is 2. The van der Waals surface area contributed by atoms with E-state index in [9.17, 15) is 18.3 Å². The fraction of sp³-hybridized carbons (Fsp3) is 0.500. The summed E-state index contributed by atoms with van der Waals surface area (Å²) < 4.78 is 33.4. The molecule has 1 unspecified atom stereocenters. The van der Waals surface area contributed by atoms with Gasteiger partial charge >= 0.3 is 0 Å². The lowest BCUT2D eigenvalue weighted by molar-refractivity contribution is -0.119. The Bertz CT molecular complexity index is 994. The van der Waals surface area contributed by atoms with Crippen LogP contribution in [0, 0.1) is 17.8 Å². The number of ether oxygens (including phenoxy) is 1. The van der Waals surface area contributed by atoms with E-state index in [1.165, 1.54) is 23.5 Å². The zero-order valence-electron chi connectivity index (χ0n) is 20.6. The number of carbonyl (C=O) groups is 1. The topological polar surface area (TPSA) is 110 Å². The summed E-state index contributed by atoms with van der Waals surface area (Å²) in [5.74, 6) is -0.0126. The van der Waals surface area contributed by atoms with Gasteiger partial charge in [0.15, 0.2) is 0 Å². The molecule has 0 fully saturated rings. The molecule has 0 bridgehead atoms. The Morgan fingerprint density at radius 3 is 2.18 bits per heavy atom. The lowest BCUT2D eigenvalue weighted by Crippen LogP contribution is -2.43. The standard InChI is InChI=1S/C26H38N2O5S/c1-19(2)17-28(34(31,32)24-12-10-23(33-4)11-13-24)18-25(29)22(14-20(3)15-26(27)30)16-21-8-6-5-7-9-21/h5-13,19-20,22,25,29H,14-18H2,1-4H3,(H2,27,30)/t20?,22-,25-/m0/s1. The van der Waals surface area contributed by atoms with Gasteiger partial charge in [0.2, 0.25) is 15.9 Å². The van der Waals surface area contributed by atoms with Crippen LogP contribution in [0.25, 0.3) is 0 Å². The zero-order chi connectivity index (χ0) is 25.3. The third-order valence-corrected chi connectivity index (χ3v) is 7.64. The van der Waals surface area contributed by atoms with Crippen LogP contribution >= 0.6 is 0 Å². The highest BCUT2D eigenvalue weighted by atomic mass is 32.2. The highest BCUT2D eigenvalue weighted by Gasteiger charge is 2.31. The molecule has 0 spiro atoms. The molecular formula is C26H38N2O5S. The van der Waals surface area contributed by atoms with Crippen molar-refractivity contribution in [2.75, 3.05) is 20.2 Å². The van der Waals surface area contributed by atoms with Crippen LogP contribution in [0.1, 0.15) is 39.2 Å². The number of hydrogen-bond donors (Lipinski definition) is 2. The van der Waals surface area contributed by atoms with Crippen molar-refractivity contribution >= 4 is 15.9 Å². The molecule has 0 heterocycles. The molecule has 8 heteroatoms. The highest BCUT2D eigenvalue weighted by molar-refractivity contribution is 7.89. The quantitative estimate of drug-likeness (QED) is 0.421. The number of hydrogen-bond acceptors (Lipinski definition) is 5. The molecule has 7 nitrogen and oxygen atoms in total. The molecule has 1 amide bonds. The van der Waals surface area contributed by atoms with Crippen LogP contribution in [-0.2, 0) is 21.2 Å². The Labute approximate surface area is 204 Å². The van der Waals surface area contributed by atoms with E-state index in [4.69, 9.17) is 10.5 Å². The van der Waals surface area contributed by atoms with Crippen LogP contribution in [0.5, 0.6) is 5.75 Å². The first-order valence-electron chi connectivity index (χ1n) is 11.7. The van der Waals surface area contributed by atoms with Gasteiger partial charge in [0.25, 0.3) is 0 Å². The van der Waals surface area contributed by atoms with Crippen LogP contribution in [-0.4, -0.2) is 50.0 Å². The Morgan fingerprint density at radius 1 is 1.03 bits per heavy atom. The first kappa shape index (κ1) is 27.8. The van der Waals surface area contributed by atoms with Gasteiger partial charge in [-0.05, 0) is 60.4 Å². The van der Waals surface area contributed by atoms with E-state index in [-0.39, 0.29) is 48.1 Å². The molecule has 0 saturated heterocycles. The summed E-state index contributed by atoms with van der Waals surface area (Å²) in [6.07, 6.45) is 0.431. The monoisotopic (exact) mass is 490 g/mol. The molecule has 188 valence electrons. The summed E-state index contributed by atoms with van der Waals surface area (Å²) in [6, 6.07) is 16.0. The summed E-state index contributed by atoms with van der Waals surface area (Å²) in [5.41, 5.74) is 6.43. The maximum atomic E-state index is 13.5. The molecule has 3 N–H and O–H groups in total. The summed E-state index contributed by atoms with van der Waals surface area (Å²) in [5, 5.41) is 11.3. The molecule has 0 aliphatic carbocycles. The summed E-state index contributed by atoms with van der Waals surface area (Å²) in [7, 11) is -2.30. The number of aliphatic hydroxyl groups excluding tert-OH is 1. The minimum Gasteiger partial charge on any atom is -0.497 e. The van der Waals surface area contributed by atoms with Crippen molar-refractivity contribution in [2.45, 2.75) is 51.0 Å². The molecule has 0 radical (unpaired) electrons. The summed E-state index contributed by atoms with van der Waals surface area (Å²) in [6.45, 7) is 6.06. The van der Waals surface area contributed by atoms with Crippen LogP contribution in [0.3, 0.4) is 0 Å². The second-order valence-electron chi connectivity index (χ2n) is 9.42. The number of amides is 1. The number of carbonyl (C=O) groups excluding carboxylic acids is 1. The van der Waals surface area contributed by atoms with Gasteiger partial charge in [-0.2, -0.15) is 4.31 Å². The van der Waals surface area contributed by atoms with Gasteiger partial charge in [0, 0.05) is 19.5 Å². The van der Waals surface area contributed by atoms with Crippen LogP contribution < -0.4 is 10.5 Å². The van der Waals surface area contributed by atoms with Crippen molar-refractivity contribution in [3.63, 3.8) is 0 Å². The normalized spacial score (nSPS) is 14.7. The molecule has 0 aliphatic heterocycles. The third kappa shape index (κ3) is 8.42. The Morgan fingerprint density at radius 2 is 1.65 bits per heavy atom.